The summed E-state index contributed by atoms with van der Waals surface area (Å²) in [7, 11) is 0. The molecule has 92 valence electrons. The second-order valence-corrected chi connectivity index (χ2v) is 4.16. The SMILES string of the molecule is CCCNC(C#N)COCC1CCCCO1. The molecule has 2 atom stereocenters. The van der Waals surface area contributed by atoms with E-state index in [1.54, 1.807) is 0 Å². The van der Waals surface area contributed by atoms with Crippen LogP contribution < -0.4 is 5.32 Å². The van der Waals surface area contributed by atoms with Gasteiger partial charge in [-0.15, -0.1) is 0 Å². The summed E-state index contributed by atoms with van der Waals surface area (Å²) in [5.41, 5.74) is 0. The smallest absolute Gasteiger partial charge is 0.119 e. The Morgan fingerprint density at radius 2 is 2.44 bits per heavy atom. The molecule has 1 aliphatic heterocycles. The van der Waals surface area contributed by atoms with Crippen LogP contribution in [0.5, 0.6) is 0 Å². The van der Waals surface area contributed by atoms with E-state index < -0.39 is 0 Å². The summed E-state index contributed by atoms with van der Waals surface area (Å²) in [4.78, 5) is 0. The number of nitrogens with zero attached hydrogens (tertiary/aromatic N) is 1. The Kier molecular flexibility index (Phi) is 7.15. The molecule has 4 heteroatoms. The molecular weight excluding hydrogens is 204 g/mol. The molecule has 0 saturated carbocycles. The highest BCUT2D eigenvalue weighted by molar-refractivity contribution is 4.89. The lowest BCUT2D eigenvalue weighted by atomic mass is 10.1. The first-order valence-corrected chi connectivity index (χ1v) is 6.19. The van der Waals surface area contributed by atoms with E-state index >= 15 is 0 Å². The molecule has 1 fully saturated rings. The van der Waals surface area contributed by atoms with Crippen molar-refractivity contribution in [2.24, 2.45) is 0 Å². The highest BCUT2D eigenvalue weighted by Gasteiger charge is 2.14. The topological polar surface area (TPSA) is 54.3 Å². The highest BCUT2D eigenvalue weighted by Crippen LogP contribution is 2.12. The number of hydrogen-bond acceptors (Lipinski definition) is 4. The first-order valence-electron chi connectivity index (χ1n) is 6.19. The lowest BCUT2D eigenvalue weighted by Gasteiger charge is -2.22. The van der Waals surface area contributed by atoms with Crippen molar-refractivity contribution < 1.29 is 9.47 Å². The fraction of sp³-hybridized carbons (Fsp3) is 0.917. The van der Waals surface area contributed by atoms with Crippen LogP contribution in [0.4, 0.5) is 0 Å². The molecule has 0 aliphatic carbocycles. The van der Waals surface area contributed by atoms with Gasteiger partial charge in [0.05, 0.1) is 25.4 Å². The van der Waals surface area contributed by atoms with Crippen molar-refractivity contribution >= 4 is 0 Å². The van der Waals surface area contributed by atoms with Crippen molar-refractivity contribution in [1.29, 1.82) is 5.26 Å². The van der Waals surface area contributed by atoms with Crippen LogP contribution in [-0.4, -0.2) is 38.5 Å². The number of ether oxygens (including phenoxy) is 2. The van der Waals surface area contributed by atoms with Crippen LogP contribution in [0.25, 0.3) is 0 Å². The third-order valence-corrected chi connectivity index (χ3v) is 2.66. The van der Waals surface area contributed by atoms with Gasteiger partial charge in [0.2, 0.25) is 0 Å². The van der Waals surface area contributed by atoms with Crippen molar-refractivity contribution in [3.63, 3.8) is 0 Å². The number of hydrogen-bond donors (Lipinski definition) is 1. The van der Waals surface area contributed by atoms with E-state index in [0.29, 0.717) is 13.2 Å². The van der Waals surface area contributed by atoms with Crippen molar-refractivity contribution in [3.05, 3.63) is 0 Å². The van der Waals surface area contributed by atoms with Gasteiger partial charge in [-0.05, 0) is 32.2 Å². The lowest BCUT2D eigenvalue weighted by molar-refractivity contribution is -0.0420. The van der Waals surface area contributed by atoms with E-state index in [-0.39, 0.29) is 12.1 Å². The number of nitrogens with one attached hydrogen (secondary N) is 1. The summed E-state index contributed by atoms with van der Waals surface area (Å²) in [6.45, 7) is 4.87. The molecule has 0 aromatic carbocycles. The lowest BCUT2D eigenvalue weighted by Crippen LogP contribution is -2.34. The Morgan fingerprint density at radius 1 is 1.56 bits per heavy atom. The Balaban J connectivity index is 2.05. The molecule has 1 rings (SSSR count). The summed E-state index contributed by atoms with van der Waals surface area (Å²) in [5.74, 6) is 0. The van der Waals surface area contributed by atoms with Crippen molar-refractivity contribution in [2.75, 3.05) is 26.4 Å². The van der Waals surface area contributed by atoms with Gasteiger partial charge in [-0.25, -0.2) is 0 Å². The molecule has 1 heterocycles. The average molecular weight is 226 g/mol. The molecule has 0 aromatic rings. The molecule has 0 spiro atoms. The van der Waals surface area contributed by atoms with E-state index in [1.165, 1.54) is 6.42 Å². The van der Waals surface area contributed by atoms with Crippen LogP contribution in [-0.2, 0) is 9.47 Å². The fourth-order valence-corrected chi connectivity index (χ4v) is 1.72. The van der Waals surface area contributed by atoms with E-state index in [0.717, 1.165) is 32.4 Å². The van der Waals surface area contributed by atoms with Gasteiger partial charge in [0.1, 0.15) is 6.04 Å². The van der Waals surface area contributed by atoms with Gasteiger partial charge in [-0.1, -0.05) is 6.92 Å². The Hall–Kier alpha value is -0.630. The van der Waals surface area contributed by atoms with Crippen LogP contribution in [0, 0.1) is 11.3 Å². The minimum absolute atomic E-state index is 0.191. The molecule has 1 saturated heterocycles. The third kappa shape index (κ3) is 5.45. The number of rotatable bonds is 7. The van der Waals surface area contributed by atoms with Crippen LogP contribution in [0.15, 0.2) is 0 Å². The maximum Gasteiger partial charge on any atom is 0.119 e. The monoisotopic (exact) mass is 226 g/mol. The number of nitriles is 1. The van der Waals surface area contributed by atoms with Crippen LogP contribution in [0.3, 0.4) is 0 Å². The second kappa shape index (κ2) is 8.51. The summed E-state index contributed by atoms with van der Waals surface area (Å²) >= 11 is 0. The molecule has 1 N–H and O–H groups in total. The first kappa shape index (κ1) is 13.4. The zero-order valence-corrected chi connectivity index (χ0v) is 10.1. The fourth-order valence-electron chi connectivity index (χ4n) is 1.72. The molecular formula is C12H22N2O2. The van der Waals surface area contributed by atoms with Crippen LogP contribution >= 0.6 is 0 Å². The van der Waals surface area contributed by atoms with Gasteiger partial charge < -0.3 is 14.8 Å². The van der Waals surface area contributed by atoms with Crippen molar-refractivity contribution in [1.82, 2.24) is 5.32 Å². The second-order valence-electron chi connectivity index (χ2n) is 4.16. The maximum absolute atomic E-state index is 8.87. The molecule has 16 heavy (non-hydrogen) atoms. The minimum atomic E-state index is -0.191. The quantitative estimate of drug-likeness (QED) is 0.714. The van der Waals surface area contributed by atoms with Gasteiger partial charge in [-0.2, -0.15) is 5.26 Å². The molecule has 2 unspecified atom stereocenters. The van der Waals surface area contributed by atoms with Gasteiger partial charge >= 0.3 is 0 Å². The largest absolute Gasteiger partial charge is 0.376 e. The van der Waals surface area contributed by atoms with E-state index in [9.17, 15) is 0 Å². The normalized spacial score (nSPS) is 22.6. The van der Waals surface area contributed by atoms with E-state index in [2.05, 4.69) is 18.3 Å². The summed E-state index contributed by atoms with van der Waals surface area (Å²) in [6.07, 6.45) is 4.74. The third-order valence-electron chi connectivity index (χ3n) is 2.66. The molecule has 0 aromatic heterocycles. The summed E-state index contributed by atoms with van der Waals surface area (Å²) in [5, 5.41) is 12.0. The predicted octanol–water partition coefficient (Wildman–Crippen LogP) is 1.46. The van der Waals surface area contributed by atoms with E-state index in [1.807, 2.05) is 0 Å². The predicted molar refractivity (Wildman–Crippen MR) is 62.1 cm³/mol. The Bertz CT molecular complexity index is 210. The van der Waals surface area contributed by atoms with E-state index in [4.69, 9.17) is 14.7 Å². The molecule has 0 amide bonds. The molecule has 1 aliphatic rings. The highest BCUT2D eigenvalue weighted by atomic mass is 16.5. The summed E-state index contributed by atoms with van der Waals surface area (Å²) in [6, 6.07) is 2.01. The molecule has 4 nitrogen and oxygen atoms in total. The average Bonchev–Trinajstić information content (AvgIpc) is 2.35. The van der Waals surface area contributed by atoms with Gasteiger partial charge in [-0.3, -0.25) is 0 Å². The maximum atomic E-state index is 8.87. The van der Waals surface area contributed by atoms with Crippen LogP contribution in [0.1, 0.15) is 32.6 Å². The molecule has 0 bridgehead atoms. The minimum Gasteiger partial charge on any atom is -0.376 e. The Morgan fingerprint density at radius 3 is 3.06 bits per heavy atom. The zero-order valence-electron chi connectivity index (χ0n) is 10.1. The van der Waals surface area contributed by atoms with Crippen molar-refractivity contribution in [2.45, 2.75) is 44.8 Å². The van der Waals surface area contributed by atoms with Crippen molar-refractivity contribution in [3.8, 4) is 6.07 Å². The summed E-state index contributed by atoms with van der Waals surface area (Å²) < 4.78 is 11.1. The van der Waals surface area contributed by atoms with Crippen LogP contribution in [0.2, 0.25) is 0 Å². The first-order chi connectivity index (χ1) is 7.86. The molecule has 0 radical (unpaired) electrons. The van der Waals surface area contributed by atoms with Gasteiger partial charge in [0.15, 0.2) is 0 Å². The van der Waals surface area contributed by atoms with Gasteiger partial charge in [0.25, 0.3) is 0 Å². The standard InChI is InChI=1S/C12H22N2O2/c1-2-6-14-11(8-13)9-15-10-12-5-3-4-7-16-12/h11-12,14H,2-7,9-10H2,1H3. The van der Waals surface area contributed by atoms with Gasteiger partial charge in [0, 0.05) is 6.61 Å². The zero-order chi connectivity index (χ0) is 11.6. The Labute approximate surface area is 97.9 Å².